The zero-order valence-corrected chi connectivity index (χ0v) is 17.2. The molecule has 5 nitrogen and oxygen atoms in total. The molecule has 1 aromatic rings. The molecule has 1 aromatic carbocycles. The molecular weight excluding hydrogens is 382 g/mol. The van der Waals surface area contributed by atoms with E-state index in [2.05, 4.69) is 34.3 Å². The maximum Gasteiger partial charge on any atom is 0.260 e. The predicted octanol–water partition coefficient (Wildman–Crippen LogP) is 3.32. The van der Waals surface area contributed by atoms with Crippen molar-refractivity contribution in [3.8, 4) is 0 Å². The Kier molecular flexibility index (Phi) is 6.39. The van der Waals surface area contributed by atoms with Crippen LogP contribution in [0.4, 0.5) is 0 Å². The minimum atomic E-state index is -0.340. The fraction of sp³-hybridized carbons (Fsp3) is 0.391. The van der Waals surface area contributed by atoms with Crippen LogP contribution in [0.2, 0.25) is 0 Å². The highest BCUT2D eigenvalue weighted by Gasteiger charge is 2.27. The number of carbonyl (C=O) groups excluding carboxylic acids is 2. The number of likely N-dealkylation sites (tertiary alicyclic amines) is 1. The summed E-state index contributed by atoms with van der Waals surface area (Å²) in [6.07, 6.45) is 10.6. The van der Waals surface area contributed by atoms with Crippen molar-refractivity contribution in [1.29, 1.82) is 0 Å². The van der Waals surface area contributed by atoms with Crippen molar-refractivity contribution >= 4 is 35.1 Å². The van der Waals surface area contributed by atoms with Crippen molar-refractivity contribution in [3.63, 3.8) is 0 Å². The van der Waals surface area contributed by atoms with E-state index in [0.29, 0.717) is 23.3 Å². The van der Waals surface area contributed by atoms with Gasteiger partial charge in [0.25, 0.3) is 5.91 Å². The number of fused-ring (bicyclic) bond motifs is 1. The monoisotopic (exact) mass is 407 g/mol. The Labute approximate surface area is 175 Å². The molecule has 1 aliphatic carbocycles. The van der Waals surface area contributed by atoms with Crippen LogP contribution < -0.4 is 0 Å². The van der Waals surface area contributed by atoms with Gasteiger partial charge in [0.05, 0.1) is 17.2 Å². The summed E-state index contributed by atoms with van der Waals surface area (Å²) in [6.45, 7) is 1.66. The fourth-order valence-electron chi connectivity index (χ4n) is 3.94. The van der Waals surface area contributed by atoms with Crippen molar-refractivity contribution in [3.05, 3.63) is 60.2 Å². The Morgan fingerprint density at radius 2 is 1.90 bits per heavy atom. The molecule has 29 heavy (non-hydrogen) atoms. The molecule has 0 saturated carbocycles. The summed E-state index contributed by atoms with van der Waals surface area (Å²) >= 11 is 1.48. The van der Waals surface area contributed by atoms with Crippen molar-refractivity contribution in [2.75, 3.05) is 24.6 Å². The Morgan fingerprint density at radius 1 is 1.10 bits per heavy atom. The highest BCUT2D eigenvalue weighted by molar-refractivity contribution is 8.00. The number of hydrogen-bond acceptors (Lipinski definition) is 4. The van der Waals surface area contributed by atoms with Gasteiger partial charge in [0, 0.05) is 13.1 Å². The normalized spacial score (nSPS) is 21.6. The SMILES string of the molecule is O=C1N=C(CSCC(=O)N2CCC(Cc3ccccc3)CC2)N=C2C=CC=CC12. The van der Waals surface area contributed by atoms with Gasteiger partial charge in [-0.05, 0) is 36.8 Å². The lowest BCUT2D eigenvalue weighted by Crippen LogP contribution is -2.40. The van der Waals surface area contributed by atoms with Gasteiger partial charge >= 0.3 is 0 Å². The topological polar surface area (TPSA) is 62.1 Å². The van der Waals surface area contributed by atoms with E-state index in [0.717, 1.165) is 38.1 Å². The summed E-state index contributed by atoms with van der Waals surface area (Å²) in [4.78, 5) is 35.2. The van der Waals surface area contributed by atoms with Crippen molar-refractivity contribution < 1.29 is 9.59 Å². The molecular formula is C23H25N3O2S. The first-order valence-corrected chi connectivity index (χ1v) is 11.3. The van der Waals surface area contributed by atoms with Crippen LogP contribution >= 0.6 is 11.8 Å². The number of thioether (sulfide) groups is 1. The molecule has 3 aliphatic rings. The predicted molar refractivity (Wildman–Crippen MR) is 118 cm³/mol. The summed E-state index contributed by atoms with van der Waals surface area (Å²) in [5.41, 5.74) is 2.12. The van der Waals surface area contributed by atoms with E-state index >= 15 is 0 Å². The maximum absolute atomic E-state index is 12.5. The smallest absolute Gasteiger partial charge is 0.260 e. The summed E-state index contributed by atoms with van der Waals surface area (Å²) in [5, 5.41) is 0. The molecule has 0 aromatic heterocycles. The number of nitrogens with zero attached hydrogens (tertiary/aromatic N) is 3. The molecule has 0 bridgehead atoms. The third-order valence-corrected chi connectivity index (χ3v) is 6.47. The van der Waals surface area contributed by atoms with Crippen LogP contribution in [0, 0.1) is 11.8 Å². The zero-order chi connectivity index (χ0) is 20.1. The van der Waals surface area contributed by atoms with Crippen LogP contribution in [0.25, 0.3) is 0 Å². The third-order valence-electron chi connectivity index (χ3n) is 5.55. The number of rotatable bonds is 6. The fourth-order valence-corrected chi connectivity index (χ4v) is 4.71. The molecule has 1 unspecified atom stereocenters. The van der Waals surface area contributed by atoms with Gasteiger partial charge in [0.15, 0.2) is 0 Å². The lowest BCUT2D eigenvalue weighted by Gasteiger charge is -2.32. The van der Waals surface area contributed by atoms with E-state index in [-0.39, 0.29) is 17.7 Å². The first-order chi connectivity index (χ1) is 14.2. The van der Waals surface area contributed by atoms with Crippen molar-refractivity contribution in [2.24, 2.45) is 21.8 Å². The number of aliphatic imine (C=N–C) groups is 2. The second kappa shape index (κ2) is 9.35. The Balaban J connectivity index is 1.20. The molecule has 4 rings (SSSR count). The average molecular weight is 408 g/mol. The maximum atomic E-state index is 12.5. The van der Waals surface area contributed by atoms with Crippen molar-refractivity contribution in [2.45, 2.75) is 19.3 Å². The van der Waals surface area contributed by atoms with Crippen LogP contribution in [0.3, 0.4) is 0 Å². The molecule has 2 amide bonds. The largest absolute Gasteiger partial charge is 0.342 e. The van der Waals surface area contributed by atoms with Crippen LogP contribution in [0.1, 0.15) is 18.4 Å². The number of amidine groups is 1. The van der Waals surface area contributed by atoms with Crippen LogP contribution in [0.15, 0.2) is 64.6 Å². The van der Waals surface area contributed by atoms with E-state index in [1.165, 1.54) is 17.3 Å². The van der Waals surface area contributed by atoms with E-state index in [9.17, 15) is 9.59 Å². The molecule has 0 spiro atoms. The average Bonchev–Trinajstić information content (AvgIpc) is 2.75. The first kappa shape index (κ1) is 19.8. The summed E-state index contributed by atoms with van der Waals surface area (Å²) < 4.78 is 0. The van der Waals surface area contributed by atoms with Gasteiger partial charge in [-0.2, -0.15) is 4.99 Å². The van der Waals surface area contributed by atoms with Crippen LogP contribution in [-0.4, -0.2) is 52.9 Å². The number of amides is 2. The number of carbonyl (C=O) groups is 2. The molecule has 2 heterocycles. The highest BCUT2D eigenvalue weighted by atomic mass is 32.2. The van der Waals surface area contributed by atoms with E-state index < -0.39 is 0 Å². The van der Waals surface area contributed by atoms with Gasteiger partial charge in [-0.25, -0.2) is 4.99 Å². The molecule has 0 radical (unpaired) electrons. The number of allylic oxidation sites excluding steroid dienone is 3. The van der Waals surface area contributed by atoms with E-state index in [4.69, 9.17) is 0 Å². The standard InChI is InChI=1S/C23H25N3O2S/c27-22(26-12-10-18(11-13-26)14-17-6-2-1-3-7-17)16-29-15-21-24-20-9-5-4-8-19(20)23(28)25-21/h1-9,18-19H,10-16H2. The van der Waals surface area contributed by atoms with Gasteiger partial charge in [-0.15, -0.1) is 11.8 Å². The molecule has 1 saturated heterocycles. The molecule has 150 valence electrons. The molecule has 1 fully saturated rings. The van der Waals surface area contributed by atoms with Gasteiger partial charge in [0.2, 0.25) is 5.91 Å². The van der Waals surface area contributed by atoms with E-state index in [1.807, 2.05) is 35.3 Å². The summed E-state index contributed by atoms with van der Waals surface area (Å²) in [7, 11) is 0. The molecule has 2 aliphatic heterocycles. The highest BCUT2D eigenvalue weighted by Crippen LogP contribution is 2.23. The Morgan fingerprint density at radius 3 is 2.69 bits per heavy atom. The summed E-state index contributed by atoms with van der Waals surface area (Å²) in [6, 6.07) is 10.6. The molecule has 1 atom stereocenters. The zero-order valence-electron chi connectivity index (χ0n) is 16.4. The summed E-state index contributed by atoms with van der Waals surface area (Å²) in [5.74, 6) is 1.71. The lowest BCUT2D eigenvalue weighted by atomic mass is 9.90. The van der Waals surface area contributed by atoms with Crippen molar-refractivity contribution in [1.82, 2.24) is 4.90 Å². The van der Waals surface area contributed by atoms with Crippen LogP contribution in [0.5, 0.6) is 0 Å². The third kappa shape index (κ3) is 5.12. The van der Waals surface area contributed by atoms with Crippen LogP contribution in [-0.2, 0) is 16.0 Å². The first-order valence-electron chi connectivity index (χ1n) is 10.1. The second-order valence-corrected chi connectivity index (χ2v) is 8.62. The van der Waals surface area contributed by atoms with E-state index in [1.54, 1.807) is 0 Å². The minimum absolute atomic E-state index is 0.168. The van der Waals surface area contributed by atoms with Gasteiger partial charge < -0.3 is 4.90 Å². The lowest BCUT2D eigenvalue weighted by molar-refractivity contribution is -0.129. The van der Waals surface area contributed by atoms with Gasteiger partial charge in [-0.3, -0.25) is 9.59 Å². The number of benzene rings is 1. The Bertz CT molecular complexity index is 881. The number of piperidine rings is 1. The second-order valence-electron chi connectivity index (χ2n) is 7.63. The van der Waals surface area contributed by atoms with Gasteiger partial charge in [0.1, 0.15) is 11.8 Å². The van der Waals surface area contributed by atoms with Gasteiger partial charge in [-0.1, -0.05) is 48.6 Å². The molecule has 0 N–H and O–H groups in total. The molecule has 6 heteroatoms. The Hall–Kier alpha value is -2.47. The minimum Gasteiger partial charge on any atom is -0.342 e. The quantitative estimate of drug-likeness (QED) is 0.727. The number of hydrogen-bond donors (Lipinski definition) is 0.